The number of rotatable bonds is 4. The molecule has 88 valence electrons. The summed E-state index contributed by atoms with van der Waals surface area (Å²) < 4.78 is 0. The van der Waals surface area contributed by atoms with E-state index in [-0.39, 0.29) is 0 Å². The van der Waals surface area contributed by atoms with E-state index in [0.717, 1.165) is 12.3 Å². The lowest BCUT2D eigenvalue weighted by Gasteiger charge is -2.33. The Hall–Kier alpha value is -0.240. The summed E-state index contributed by atoms with van der Waals surface area (Å²) in [4.78, 5) is 0. The van der Waals surface area contributed by atoms with Crippen molar-refractivity contribution >= 4 is 23.2 Å². The molecule has 1 saturated carbocycles. The summed E-state index contributed by atoms with van der Waals surface area (Å²) in [5, 5.41) is 4.70. The summed E-state index contributed by atoms with van der Waals surface area (Å²) >= 11 is 11.9. The van der Waals surface area contributed by atoms with E-state index in [4.69, 9.17) is 23.2 Å². The fourth-order valence-corrected chi connectivity index (χ4v) is 2.59. The van der Waals surface area contributed by atoms with Crippen molar-refractivity contribution in [2.24, 2.45) is 5.92 Å². The predicted molar refractivity (Wildman–Crippen MR) is 70.4 cm³/mol. The lowest BCUT2D eigenvalue weighted by Crippen LogP contribution is -2.39. The van der Waals surface area contributed by atoms with Crippen LogP contribution in [0.25, 0.3) is 0 Å². The maximum absolute atomic E-state index is 6.02. The Morgan fingerprint density at radius 3 is 2.56 bits per heavy atom. The Morgan fingerprint density at radius 2 is 2.06 bits per heavy atom. The van der Waals surface area contributed by atoms with Crippen LogP contribution in [0, 0.1) is 5.92 Å². The van der Waals surface area contributed by atoms with Crippen LogP contribution in [0.5, 0.6) is 0 Å². The van der Waals surface area contributed by atoms with Crippen LogP contribution < -0.4 is 5.32 Å². The van der Waals surface area contributed by atoms with E-state index in [9.17, 15) is 0 Å². The Labute approximate surface area is 107 Å². The third kappa shape index (κ3) is 2.71. The van der Waals surface area contributed by atoms with Crippen LogP contribution in [-0.2, 0) is 6.42 Å². The minimum atomic E-state index is 0.575. The van der Waals surface area contributed by atoms with Gasteiger partial charge in [0.2, 0.25) is 0 Å². The number of halogens is 2. The van der Waals surface area contributed by atoms with E-state index < -0.39 is 0 Å². The van der Waals surface area contributed by atoms with Crippen LogP contribution in [0.2, 0.25) is 10.0 Å². The van der Waals surface area contributed by atoms with Crippen LogP contribution in [0.1, 0.15) is 24.8 Å². The van der Waals surface area contributed by atoms with Crippen molar-refractivity contribution in [2.45, 2.75) is 31.7 Å². The van der Waals surface area contributed by atoms with Gasteiger partial charge in [-0.3, -0.25) is 0 Å². The summed E-state index contributed by atoms with van der Waals surface area (Å²) in [5.41, 5.74) is 1.26. The summed E-state index contributed by atoms with van der Waals surface area (Å²) in [6, 6.07) is 6.50. The smallest absolute Gasteiger partial charge is 0.0595 e. The molecular weight excluding hydrogens is 241 g/mol. The molecule has 1 N–H and O–H groups in total. The van der Waals surface area contributed by atoms with E-state index in [2.05, 4.69) is 11.4 Å². The van der Waals surface area contributed by atoms with Gasteiger partial charge in [-0.2, -0.15) is 0 Å². The lowest BCUT2D eigenvalue weighted by atomic mass is 9.78. The molecule has 1 nitrogen and oxygen atoms in total. The van der Waals surface area contributed by atoms with Crippen LogP contribution in [0.3, 0.4) is 0 Å². The largest absolute Gasteiger partial charge is 0.316 e. The molecule has 1 aliphatic rings. The highest BCUT2D eigenvalue weighted by molar-refractivity contribution is 6.42. The average Bonchev–Trinajstić information content (AvgIpc) is 2.20. The zero-order chi connectivity index (χ0) is 11.5. The number of hydrogen-bond donors (Lipinski definition) is 1. The highest BCUT2D eigenvalue weighted by Crippen LogP contribution is 2.31. The second-order valence-electron chi connectivity index (χ2n) is 4.54. The lowest BCUT2D eigenvalue weighted by molar-refractivity contribution is 0.236. The molecule has 0 radical (unpaired) electrons. The van der Waals surface area contributed by atoms with Crippen LogP contribution in [0.15, 0.2) is 18.2 Å². The van der Waals surface area contributed by atoms with Crippen LogP contribution in [-0.4, -0.2) is 13.1 Å². The summed E-state index contributed by atoms with van der Waals surface area (Å²) in [7, 11) is 2.04. The molecule has 0 amide bonds. The van der Waals surface area contributed by atoms with Crippen molar-refractivity contribution in [3.8, 4) is 0 Å². The fourth-order valence-electron chi connectivity index (χ4n) is 2.27. The zero-order valence-corrected chi connectivity index (χ0v) is 11.0. The Kier molecular flexibility index (Phi) is 4.12. The first-order valence-corrected chi connectivity index (χ1v) is 6.57. The van der Waals surface area contributed by atoms with Gasteiger partial charge < -0.3 is 5.32 Å². The molecule has 3 heteroatoms. The van der Waals surface area contributed by atoms with Crippen molar-refractivity contribution in [1.29, 1.82) is 0 Å². The summed E-state index contributed by atoms with van der Waals surface area (Å²) in [5.74, 6) is 0.833. The van der Waals surface area contributed by atoms with E-state index in [1.807, 2.05) is 19.2 Å². The third-order valence-electron chi connectivity index (χ3n) is 3.53. The topological polar surface area (TPSA) is 12.0 Å². The van der Waals surface area contributed by atoms with Gasteiger partial charge in [-0.15, -0.1) is 0 Å². The SMILES string of the molecule is CNC(Cc1ccc(Cl)c(Cl)c1)C1CCC1. The highest BCUT2D eigenvalue weighted by Gasteiger charge is 2.26. The maximum atomic E-state index is 6.02. The van der Waals surface area contributed by atoms with E-state index in [1.165, 1.54) is 24.8 Å². The van der Waals surface area contributed by atoms with E-state index in [0.29, 0.717) is 16.1 Å². The normalized spacial score (nSPS) is 18.2. The third-order valence-corrected chi connectivity index (χ3v) is 4.27. The van der Waals surface area contributed by atoms with Gasteiger partial charge in [0.1, 0.15) is 0 Å². The van der Waals surface area contributed by atoms with Crippen molar-refractivity contribution in [2.75, 3.05) is 7.05 Å². The molecule has 1 aromatic carbocycles. The standard InChI is InChI=1S/C13H17Cl2N/c1-16-13(10-3-2-4-10)8-9-5-6-11(14)12(15)7-9/h5-7,10,13,16H,2-4,8H2,1H3. The molecular formula is C13H17Cl2N. The minimum Gasteiger partial charge on any atom is -0.316 e. The summed E-state index contributed by atoms with van der Waals surface area (Å²) in [6.45, 7) is 0. The molecule has 0 bridgehead atoms. The molecule has 0 spiro atoms. The number of hydrogen-bond acceptors (Lipinski definition) is 1. The minimum absolute atomic E-state index is 0.575. The van der Waals surface area contributed by atoms with Crippen molar-refractivity contribution in [3.63, 3.8) is 0 Å². The molecule has 0 heterocycles. The van der Waals surface area contributed by atoms with Crippen molar-refractivity contribution < 1.29 is 0 Å². The molecule has 1 aliphatic carbocycles. The zero-order valence-electron chi connectivity index (χ0n) is 9.47. The monoisotopic (exact) mass is 257 g/mol. The van der Waals surface area contributed by atoms with Gasteiger partial charge in [-0.05, 0) is 49.9 Å². The highest BCUT2D eigenvalue weighted by atomic mass is 35.5. The van der Waals surface area contributed by atoms with E-state index in [1.54, 1.807) is 0 Å². The first-order chi connectivity index (χ1) is 7.70. The van der Waals surface area contributed by atoms with Gasteiger partial charge in [0.25, 0.3) is 0 Å². The Balaban J connectivity index is 2.03. The van der Waals surface area contributed by atoms with E-state index >= 15 is 0 Å². The van der Waals surface area contributed by atoms with Crippen LogP contribution >= 0.6 is 23.2 Å². The molecule has 1 aromatic rings. The molecule has 1 fully saturated rings. The summed E-state index contributed by atoms with van der Waals surface area (Å²) in [6.07, 6.45) is 5.13. The van der Waals surface area contributed by atoms with Gasteiger partial charge in [0, 0.05) is 6.04 Å². The van der Waals surface area contributed by atoms with Crippen molar-refractivity contribution in [3.05, 3.63) is 33.8 Å². The number of likely N-dealkylation sites (N-methyl/N-ethyl adjacent to an activating group) is 1. The molecule has 2 rings (SSSR count). The number of nitrogens with one attached hydrogen (secondary N) is 1. The average molecular weight is 258 g/mol. The first kappa shape index (κ1) is 12.2. The van der Waals surface area contributed by atoms with Gasteiger partial charge in [-0.25, -0.2) is 0 Å². The first-order valence-electron chi connectivity index (χ1n) is 5.82. The fraction of sp³-hybridized carbons (Fsp3) is 0.538. The maximum Gasteiger partial charge on any atom is 0.0595 e. The second-order valence-corrected chi connectivity index (χ2v) is 5.35. The molecule has 1 atom stereocenters. The Bertz CT molecular complexity index is 361. The van der Waals surface area contributed by atoms with Gasteiger partial charge in [-0.1, -0.05) is 35.7 Å². The second kappa shape index (κ2) is 5.39. The molecule has 0 aliphatic heterocycles. The van der Waals surface area contributed by atoms with Gasteiger partial charge in [0.15, 0.2) is 0 Å². The van der Waals surface area contributed by atoms with Crippen LogP contribution in [0.4, 0.5) is 0 Å². The molecule has 16 heavy (non-hydrogen) atoms. The number of benzene rings is 1. The molecule has 0 aromatic heterocycles. The quantitative estimate of drug-likeness (QED) is 0.863. The predicted octanol–water partition coefficient (Wildman–Crippen LogP) is 3.92. The van der Waals surface area contributed by atoms with Crippen molar-refractivity contribution in [1.82, 2.24) is 5.32 Å². The molecule has 0 saturated heterocycles. The molecule has 1 unspecified atom stereocenters. The Morgan fingerprint density at radius 1 is 1.31 bits per heavy atom. The van der Waals surface area contributed by atoms with Gasteiger partial charge in [0.05, 0.1) is 10.0 Å². The van der Waals surface area contributed by atoms with Gasteiger partial charge >= 0.3 is 0 Å².